The van der Waals surface area contributed by atoms with Crippen molar-refractivity contribution in [2.24, 2.45) is 0 Å². The van der Waals surface area contributed by atoms with Crippen LogP contribution in [0.25, 0.3) is 5.52 Å². The van der Waals surface area contributed by atoms with E-state index in [9.17, 15) is 24.5 Å². The van der Waals surface area contributed by atoms with Gasteiger partial charge < -0.3 is 9.47 Å². The van der Waals surface area contributed by atoms with Gasteiger partial charge >= 0.3 is 11.9 Å². The van der Waals surface area contributed by atoms with Gasteiger partial charge in [-0.2, -0.15) is 0 Å². The second kappa shape index (κ2) is 7.98. The molecule has 0 spiro atoms. The van der Waals surface area contributed by atoms with Crippen molar-refractivity contribution in [1.29, 1.82) is 0 Å². The van der Waals surface area contributed by atoms with Crippen LogP contribution in [0.3, 0.4) is 0 Å². The third-order valence-corrected chi connectivity index (χ3v) is 4.23. The molecule has 0 atom stereocenters. The highest BCUT2D eigenvalue weighted by Gasteiger charge is 2.25. The molecule has 0 aliphatic carbocycles. The van der Waals surface area contributed by atoms with Crippen LogP contribution < -0.4 is 0 Å². The smallest absolute Gasteiger partial charge is 0.344 e. The van der Waals surface area contributed by atoms with Crippen LogP contribution in [0.1, 0.15) is 57.7 Å². The van der Waals surface area contributed by atoms with Gasteiger partial charge in [0.25, 0.3) is 5.69 Å². The molecule has 0 amide bonds. The monoisotopic (exact) mass is 425 g/mol. The highest BCUT2D eigenvalue weighted by molar-refractivity contribution is 6.09. The molecule has 3 aromatic rings. The Labute approximate surface area is 176 Å². The molecule has 0 fully saturated rings. The SMILES string of the molecule is COC(=O)c1cc(C(=O)c2ncc3ccc(C(=O)OC(C)(C)C)cn23)ccc1[N+](=O)[O-]. The molecule has 0 bridgehead atoms. The number of ketones is 1. The number of carbonyl (C=O) groups excluding carboxylic acids is 3. The lowest BCUT2D eigenvalue weighted by atomic mass is 10.0. The molecular formula is C21H19N3O7. The number of hydrogen-bond acceptors (Lipinski definition) is 8. The predicted octanol–water partition coefficient (Wildman–Crippen LogP) is 3.22. The number of nitrogens with zero attached hydrogens (tertiary/aromatic N) is 3. The molecule has 31 heavy (non-hydrogen) atoms. The first kappa shape index (κ1) is 21.6. The number of methoxy groups -OCH3 is 1. The minimum atomic E-state index is -0.943. The van der Waals surface area contributed by atoms with Gasteiger partial charge in [-0.05, 0) is 45.0 Å². The Bertz CT molecular complexity index is 1220. The van der Waals surface area contributed by atoms with Crippen LogP contribution in [0.5, 0.6) is 0 Å². The van der Waals surface area contributed by atoms with Gasteiger partial charge in [0.15, 0.2) is 5.82 Å². The Morgan fingerprint density at radius 3 is 2.35 bits per heavy atom. The highest BCUT2D eigenvalue weighted by atomic mass is 16.6. The lowest BCUT2D eigenvalue weighted by molar-refractivity contribution is -0.385. The number of hydrogen-bond donors (Lipinski definition) is 0. The predicted molar refractivity (Wildman–Crippen MR) is 108 cm³/mol. The minimum absolute atomic E-state index is 0.00108. The number of pyridine rings is 1. The molecule has 0 N–H and O–H groups in total. The molecule has 0 unspecified atom stereocenters. The van der Waals surface area contributed by atoms with Gasteiger partial charge in [0.2, 0.25) is 5.78 Å². The largest absolute Gasteiger partial charge is 0.465 e. The maximum Gasteiger partial charge on any atom is 0.344 e. The summed E-state index contributed by atoms with van der Waals surface area (Å²) in [6.07, 6.45) is 2.87. The molecule has 0 aliphatic rings. The number of fused-ring (bicyclic) bond motifs is 1. The number of carbonyl (C=O) groups is 3. The van der Waals surface area contributed by atoms with Crippen molar-refractivity contribution in [3.05, 3.63) is 75.4 Å². The first-order valence-electron chi connectivity index (χ1n) is 9.14. The number of ether oxygens (including phenoxy) is 2. The van der Waals surface area contributed by atoms with Gasteiger partial charge in [-0.1, -0.05) is 0 Å². The summed E-state index contributed by atoms with van der Waals surface area (Å²) in [6, 6.07) is 6.54. The Kier molecular flexibility index (Phi) is 5.56. The van der Waals surface area contributed by atoms with Gasteiger partial charge in [-0.25, -0.2) is 14.6 Å². The van der Waals surface area contributed by atoms with Crippen molar-refractivity contribution in [3.8, 4) is 0 Å². The molecule has 10 heteroatoms. The first-order chi connectivity index (χ1) is 14.5. The van der Waals surface area contributed by atoms with E-state index in [1.54, 1.807) is 32.9 Å². The zero-order valence-corrected chi connectivity index (χ0v) is 17.2. The second-order valence-corrected chi connectivity index (χ2v) is 7.61. The van der Waals surface area contributed by atoms with Gasteiger partial charge in [0.05, 0.1) is 29.3 Å². The van der Waals surface area contributed by atoms with Crippen LogP contribution in [0.4, 0.5) is 5.69 Å². The fourth-order valence-corrected chi connectivity index (χ4v) is 2.86. The Hall–Kier alpha value is -4.08. The zero-order chi connectivity index (χ0) is 22.9. The molecular weight excluding hydrogens is 406 g/mol. The normalized spacial score (nSPS) is 11.2. The number of nitro benzene ring substituents is 1. The summed E-state index contributed by atoms with van der Waals surface area (Å²) in [6.45, 7) is 5.22. The van der Waals surface area contributed by atoms with Crippen molar-refractivity contribution < 1.29 is 28.8 Å². The van der Waals surface area contributed by atoms with E-state index in [2.05, 4.69) is 9.72 Å². The van der Waals surface area contributed by atoms with Gasteiger partial charge in [-0.3, -0.25) is 19.3 Å². The molecule has 3 rings (SSSR count). The lowest BCUT2D eigenvalue weighted by Gasteiger charge is -2.19. The van der Waals surface area contributed by atoms with Gasteiger partial charge in [-0.15, -0.1) is 0 Å². The van der Waals surface area contributed by atoms with E-state index >= 15 is 0 Å². The van der Waals surface area contributed by atoms with E-state index in [1.165, 1.54) is 22.9 Å². The van der Waals surface area contributed by atoms with E-state index in [0.29, 0.717) is 5.52 Å². The average molecular weight is 425 g/mol. The van der Waals surface area contributed by atoms with Gasteiger partial charge in [0.1, 0.15) is 11.2 Å². The highest BCUT2D eigenvalue weighted by Crippen LogP contribution is 2.23. The fraction of sp³-hybridized carbons (Fsp3) is 0.238. The van der Waals surface area contributed by atoms with E-state index in [4.69, 9.17) is 4.74 Å². The van der Waals surface area contributed by atoms with Crippen LogP contribution in [0.15, 0.2) is 42.7 Å². The van der Waals surface area contributed by atoms with Crippen LogP contribution in [0, 0.1) is 10.1 Å². The summed E-state index contributed by atoms with van der Waals surface area (Å²) in [5.74, 6) is -2.14. The summed E-state index contributed by atoms with van der Waals surface area (Å²) in [4.78, 5) is 51.9. The summed E-state index contributed by atoms with van der Waals surface area (Å²) in [7, 11) is 1.08. The zero-order valence-electron chi connectivity index (χ0n) is 17.2. The number of benzene rings is 1. The molecule has 10 nitrogen and oxygen atoms in total. The number of nitro groups is 1. The maximum atomic E-state index is 13.1. The number of aromatic nitrogens is 2. The van der Waals surface area contributed by atoms with Crippen LogP contribution in [0.2, 0.25) is 0 Å². The fourth-order valence-electron chi connectivity index (χ4n) is 2.86. The third kappa shape index (κ3) is 4.42. The van der Waals surface area contributed by atoms with E-state index in [-0.39, 0.29) is 22.5 Å². The summed E-state index contributed by atoms with van der Waals surface area (Å²) < 4.78 is 11.3. The third-order valence-electron chi connectivity index (χ3n) is 4.23. The minimum Gasteiger partial charge on any atom is -0.465 e. The lowest BCUT2D eigenvalue weighted by Crippen LogP contribution is -2.24. The van der Waals surface area contributed by atoms with Crippen LogP contribution in [-0.2, 0) is 9.47 Å². The van der Waals surface area contributed by atoms with Crippen LogP contribution >= 0.6 is 0 Å². The summed E-state index contributed by atoms with van der Waals surface area (Å²) >= 11 is 0. The molecule has 0 aliphatic heterocycles. The summed E-state index contributed by atoms with van der Waals surface area (Å²) in [5, 5.41) is 11.2. The van der Waals surface area contributed by atoms with E-state index in [0.717, 1.165) is 19.2 Å². The quantitative estimate of drug-likeness (QED) is 0.264. The standard InChI is InChI=1S/C21H19N3O7/c1-21(2,3)31-19(26)13-5-7-14-10-22-18(23(14)11-13)17(25)12-6-8-16(24(28)29)15(9-12)20(27)30-4/h5-11H,1-4H3. The average Bonchev–Trinajstić information content (AvgIpc) is 3.14. The van der Waals surface area contributed by atoms with Gasteiger partial charge in [0, 0.05) is 17.8 Å². The van der Waals surface area contributed by atoms with Crippen molar-refractivity contribution in [3.63, 3.8) is 0 Å². The summed E-state index contributed by atoms with van der Waals surface area (Å²) in [5.41, 5.74) is -0.763. The molecule has 1 aromatic carbocycles. The molecule has 2 aromatic heterocycles. The number of imidazole rings is 1. The second-order valence-electron chi connectivity index (χ2n) is 7.61. The first-order valence-corrected chi connectivity index (χ1v) is 9.14. The number of esters is 2. The van der Waals surface area contributed by atoms with Crippen molar-refractivity contribution >= 4 is 28.9 Å². The topological polar surface area (TPSA) is 130 Å². The Morgan fingerprint density at radius 1 is 1.06 bits per heavy atom. The van der Waals surface area contributed by atoms with Crippen molar-refractivity contribution in [1.82, 2.24) is 9.38 Å². The van der Waals surface area contributed by atoms with E-state index in [1.807, 2.05) is 0 Å². The molecule has 160 valence electrons. The molecule has 2 heterocycles. The maximum absolute atomic E-state index is 13.1. The van der Waals surface area contributed by atoms with Crippen molar-refractivity contribution in [2.75, 3.05) is 7.11 Å². The Morgan fingerprint density at radius 2 is 1.74 bits per heavy atom. The Balaban J connectivity index is 2.05. The van der Waals surface area contributed by atoms with E-state index < -0.39 is 33.9 Å². The molecule has 0 saturated heterocycles. The van der Waals surface area contributed by atoms with Crippen molar-refractivity contribution in [2.45, 2.75) is 26.4 Å². The number of rotatable bonds is 5. The molecule has 0 radical (unpaired) electrons. The van der Waals surface area contributed by atoms with Crippen LogP contribution in [-0.4, -0.2) is 44.7 Å². The molecule has 0 saturated carbocycles.